The van der Waals surface area contributed by atoms with Crippen LogP contribution >= 0.6 is 74.6 Å². The molecule has 0 fully saturated rings. The Bertz CT molecular complexity index is 22.4. The molecule has 0 rings (SSSR count). The van der Waals surface area contributed by atoms with Crippen LogP contribution in [0.1, 0.15) is 0 Å². The van der Waals surface area contributed by atoms with E-state index < -0.39 is 1.50 Å². The monoisotopic (exact) mass is 534 g/mol. The van der Waals surface area contributed by atoms with E-state index in [2.05, 4.69) is 74.6 Å². The fourth-order valence-electron chi connectivity index (χ4n) is 0. The van der Waals surface area contributed by atoms with Gasteiger partial charge in [0.05, 0.1) is 0 Å². The van der Waals surface area contributed by atoms with Crippen LogP contribution in [-0.2, 0) is 0 Å². The molecule has 0 aromatic rings. The molecule has 0 amide bonds. The van der Waals surface area contributed by atoms with E-state index in [-0.39, 0.29) is 0 Å². The van der Waals surface area contributed by atoms with Gasteiger partial charge >= 0.3 is 76.1 Å². The van der Waals surface area contributed by atoms with Crippen molar-refractivity contribution in [3.05, 3.63) is 0 Å². The average Bonchev–Trinajstić information content (AvgIpc) is 0.722. The van der Waals surface area contributed by atoms with Gasteiger partial charge in [-0.05, 0) is 0 Å². The maximum absolute atomic E-state index is 3.52. The van der Waals surface area contributed by atoms with Crippen molar-refractivity contribution in [2.75, 3.05) is 0 Å². The Labute approximate surface area is 74.0 Å². The van der Waals surface area contributed by atoms with Crippen LogP contribution in [0.4, 0.5) is 0 Å². The number of hydrogen-bond acceptors (Lipinski definition) is 0. The summed E-state index contributed by atoms with van der Waals surface area (Å²) in [6.45, 7) is 0. The predicted molar refractivity (Wildman–Crippen MR) is 56.7 cm³/mol. The Kier molecular flexibility index (Phi) is 5.39. The third-order valence-electron chi connectivity index (χ3n) is 0. The van der Waals surface area contributed by atoms with Crippen molar-refractivity contribution in [1.82, 2.24) is 0 Å². The Hall–Kier alpha value is 3.21. The summed E-state index contributed by atoms with van der Waals surface area (Å²) in [5.74, 6) is 0. The molecule has 0 aliphatic heterocycles. The first-order chi connectivity index (χ1) is 2.00. The second-order valence-electron chi connectivity index (χ2n) is 0.429. The van der Waals surface area contributed by atoms with Crippen molar-refractivity contribution in [1.29, 1.82) is 0 Å². The Morgan fingerprint density at radius 3 is 1.20 bits per heavy atom. The minimum absolute atomic E-state index is 1.28. The van der Waals surface area contributed by atoms with Crippen LogP contribution in [0.25, 0.3) is 0 Å². The van der Waals surface area contributed by atoms with E-state index in [1.165, 1.54) is 0 Å². The summed E-state index contributed by atoms with van der Waals surface area (Å²) in [6.07, 6.45) is 0. The molecule has 0 saturated carbocycles. The van der Waals surface area contributed by atoms with Crippen LogP contribution in [0.5, 0.6) is 0 Å². The molecular weight excluding hydrogens is 533 g/mol. The molecule has 0 N–H and O–H groups in total. The van der Waals surface area contributed by atoms with Crippen LogP contribution < -0.4 is 0 Å². The van der Waals surface area contributed by atoms with Gasteiger partial charge in [-0.1, -0.05) is 0 Å². The van der Waals surface area contributed by atoms with E-state index in [1.807, 2.05) is 0 Å². The van der Waals surface area contributed by atoms with Crippen LogP contribution in [0.2, 0.25) is 0 Å². The summed E-state index contributed by atoms with van der Waals surface area (Å²) in [5.41, 5.74) is 0. The first-order valence-corrected chi connectivity index (χ1v) is 24.9. The fraction of sp³-hybridized carbons (Fsp3) is 0. The van der Waals surface area contributed by atoms with Gasteiger partial charge in [0.1, 0.15) is 0 Å². The number of halogens is 4. The summed E-state index contributed by atoms with van der Waals surface area (Å²) in [7, 11) is 0. The molecule has 0 atom stereocenters. The summed E-state index contributed by atoms with van der Waals surface area (Å²) < 4.78 is -1.28. The molecule has 0 aromatic heterocycles. The molecule has 0 nitrogen and oxygen atoms in total. The molecule has 5 heteroatoms. The molecule has 0 unspecified atom stereocenters. The molecule has 0 radical (unpaired) electrons. The molecular formula is BrGeI3. The Morgan fingerprint density at radius 1 is 1.20 bits per heavy atom. The zero-order valence-electron chi connectivity index (χ0n) is 2.01. The van der Waals surface area contributed by atoms with Gasteiger partial charge in [0.25, 0.3) is 0 Å². The second kappa shape index (κ2) is 3.28. The van der Waals surface area contributed by atoms with E-state index in [9.17, 15) is 0 Å². The first-order valence-electron chi connectivity index (χ1n) is 0.756. The average molecular weight is 533 g/mol. The quantitative estimate of drug-likeness (QED) is 0.332. The molecule has 0 aromatic carbocycles. The van der Waals surface area contributed by atoms with Crippen molar-refractivity contribution in [2.24, 2.45) is 0 Å². The van der Waals surface area contributed by atoms with Crippen molar-refractivity contribution >= 4 is 76.1 Å². The van der Waals surface area contributed by atoms with E-state index >= 15 is 0 Å². The zero-order chi connectivity index (χ0) is 4.50. The molecule has 5 heavy (non-hydrogen) atoms. The third kappa shape index (κ3) is 19.0. The summed E-state index contributed by atoms with van der Waals surface area (Å²) in [6, 6.07) is 0. The molecule has 0 spiro atoms. The molecule has 0 saturated heterocycles. The van der Waals surface area contributed by atoms with Crippen LogP contribution in [-0.4, -0.2) is 1.50 Å². The summed E-state index contributed by atoms with van der Waals surface area (Å²) in [4.78, 5) is 0. The minimum atomic E-state index is -1.28. The first kappa shape index (κ1) is 8.21. The molecule has 0 heterocycles. The van der Waals surface area contributed by atoms with Crippen LogP contribution in [0, 0.1) is 0 Å². The summed E-state index contributed by atoms with van der Waals surface area (Å²) in [5, 5.41) is 0. The van der Waals surface area contributed by atoms with Crippen LogP contribution in [0.15, 0.2) is 0 Å². The van der Waals surface area contributed by atoms with Gasteiger partial charge in [-0.3, -0.25) is 0 Å². The third-order valence-corrected chi connectivity index (χ3v) is 0. The van der Waals surface area contributed by atoms with E-state index in [4.69, 9.17) is 0 Å². The van der Waals surface area contributed by atoms with Crippen LogP contribution in [0.3, 0.4) is 0 Å². The standard InChI is InChI=1S/BrGeI3/c1-2(3,4)5. The Morgan fingerprint density at radius 2 is 1.20 bits per heavy atom. The van der Waals surface area contributed by atoms with E-state index in [0.717, 1.165) is 0 Å². The van der Waals surface area contributed by atoms with Gasteiger partial charge in [0, 0.05) is 0 Å². The topological polar surface area (TPSA) is 0 Å². The van der Waals surface area contributed by atoms with E-state index in [1.54, 1.807) is 0 Å². The van der Waals surface area contributed by atoms with Gasteiger partial charge in [-0.2, -0.15) is 0 Å². The molecule has 32 valence electrons. The maximum atomic E-state index is 3.52. The number of rotatable bonds is 0. The predicted octanol–water partition coefficient (Wildman–Crippen LogP) is 3.12. The van der Waals surface area contributed by atoms with Gasteiger partial charge in [0.15, 0.2) is 0 Å². The van der Waals surface area contributed by atoms with Crippen molar-refractivity contribution in [2.45, 2.75) is 0 Å². The SMILES string of the molecule is [Br][Ge]([I])([I])[I]. The normalized spacial score (nSPS) is 12.0. The molecule has 0 bridgehead atoms. The second-order valence-corrected chi connectivity index (χ2v) is 88.9. The van der Waals surface area contributed by atoms with Gasteiger partial charge in [-0.25, -0.2) is 0 Å². The van der Waals surface area contributed by atoms with Gasteiger partial charge < -0.3 is 0 Å². The van der Waals surface area contributed by atoms with Gasteiger partial charge in [-0.15, -0.1) is 0 Å². The Balaban J connectivity index is 3.02. The molecule has 0 aliphatic rings. The van der Waals surface area contributed by atoms with Crippen molar-refractivity contribution in [3.63, 3.8) is 0 Å². The summed E-state index contributed by atoms with van der Waals surface area (Å²) >= 11 is 10.9. The molecule has 0 aliphatic carbocycles. The zero-order valence-corrected chi connectivity index (χ0v) is 12.2. The van der Waals surface area contributed by atoms with Crippen molar-refractivity contribution in [3.8, 4) is 0 Å². The fourth-order valence-corrected chi connectivity index (χ4v) is 0. The van der Waals surface area contributed by atoms with Gasteiger partial charge in [0.2, 0.25) is 0 Å². The van der Waals surface area contributed by atoms with E-state index in [0.29, 0.717) is 0 Å². The van der Waals surface area contributed by atoms with Crippen molar-refractivity contribution < 1.29 is 0 Å². The number of hydrogen-bond donors (Lipinski definition) is 0.